The fraction of sp³-hybridized carbons (Fsp3) is 0.273. The molecule has 0 bridgehead atoms. The van der Waals surface area contributed by atoms with Gasteiger partial charge >= 0.3 is 0 Å². The molecule has 6 nitrogen and oxygen atoms in total. The fourth-order valence-corrected chi connectivity index (χ4v) is 3.01. The molecule has 1 fully saturated rings. The smallest absolute Gasteiger partial charge is 0.285 e. The number of ether oxygens (including phenoxy) is 1. The monoisotopic (exact) mass is 265 g/mol. The van der Waals surface area contributed by atoms with Gasteiger partial charge in [-0.05, 0) is 17.7 Å². The summed E-state index contributed by atoms with van der Waals surface area (Å²) < 4.78 is 5.07. The Hall–Kier alpha value is -1.89. The highest BCUT2D eigenvalue weighted by atomic mass is 32.2. The molecule has 2 atom stereocenters. The minimum absolute atomic E-state index is 0.0493. The number of carbonyl (C=O) groups excluding carboxylic acids is 1. The van der Waals surface area contributed by atoms with Crippen molar-refractivity contribution in [3.05, 3.63) is 23.8 Å². The van der Waals surface area contributed by atoms with Crippen LogP contribution in [0.25, 0.3) is 0 Å². The average Bonchev–Trinajstić information content (AvgIpc) is 2.89. The molecular formula is C11H11N3O3S. The number of thioether (sulfide) groups is 1. The second-order valence-corrected chi connectivity index (χ2v) is 5.10. The van der Waals surface area contributed by atoms with Gasteiger partial charge in [-0.15, -0.1) is 0 Å². The van der Waals surface area contributed by atoms with Crippen LogP contribution in [0.1, 0.15) is 11.6 Å². The normalized spacial score (nSPS) is 25.2. The van der Waals surface area contributed by atoms with E-state index in [0.717, 1.165) is 5.56 Å². The number of amidine groups is 1. The van der Waals surface area contributed by atoms with Crippen LogP contribution in [0.4, 0.5) is 4.79 Å². The van der Waals surface area contributed by atoms with E-state index in [-0.39, 0.29) is 22.3 Å². The van der Waals surface area contributed by atoms with Crippen molar-refractivity contribution in [2.45, 2.75) is 11.3 Å². The summed E-state index contributed by atoms with van der Waals surface area (Å²) in [7, 11) is 1.50. The Bertz CT molecular complexity index is 546. The van der Waals surface area contributed by atoms with Gasteiger partial charge in [0.05, 0.1) is 18.4 Å². The topological polar surface area (TPSA) is 83.0 Å². The summed E-state index contributed by atoms with van der Waals surface area (Å²) in [6.45, 7) is 0. The second kappa shape index (κ2) is 4.09. The quantitative estimate of drug-likeness (QED) is 0.748. The Balaban J connectivity index is 1.90. The third-order valence-corrected chi connectivity index (χ3v) is 3.99. The molecule has 2 aliphatic rings. The van der Waals surface area contributed by atoms with Crippen LogP contribution in [-0.2, 0) is 0 Å². The Morgan fingerprint density at radius 3 is 3.11 bits per heavy atom. The number of nitrogens with zero attached hydrogens (tertiary/aromatic N) is 1. The summed E-state index contributed by atoms with van der Waals surface area (Å²) in [5.74, 6) is 1.15. The zero-order chi connectivity index (χ0) is 12.7. The van der Waals surface area contributed by atoms with Gasteiger partial charge in [-0.1, -0.05) is 17.8 Å². The van der Waals surface area contributed by atoms with E-state index in [0.29, 0.717) is 11.6 Å². The van der Waals surface area contributed by atoms with E-state index in [1.165, 1.54) is 18.9 Å². The molecular weight excluding hydrogens is 254 g/mol. The van der Waals surface area contributed by atoms with E-state index in [4.69, 9.17) is 4.74 Å². The van der Waals surface area contributed by atoms with E-state index in [2.05, 4.69) is 15.8 Å². The van der Waals surface area contributed by atoms with Crippen LogP contribution in [0, 0.1) is 0 Å². The first-order valence-corrected chi connectivity index (χ1v) is 6.24. The van der Waals surface area contributed by atoms with Crippen molar-refractivity contribution in [2.75, 3.05) is 7.11 Å². The van der Waals surface area contributed by atoms with E-state index >= 15 is 0 Å². The number of hydrogen-bond acceptors (Lipinski definition) is 6. The van der Waals surface area contributed by atoms with Crippen molar-refractivity contribution in [1.82, 2.24) is 10.7 Å². The minimum atomic E-state index is -0.0987. The summed E-state index contributed by atoms with van der Waals surface area (Å²) in [5, 5.41) is 16.2. The molecule has 0 aliphatic carbocycles. The standard InChI is InChI=1S/C11H11N3O3S/c1-17-7-4-5(2-3-6(7)15)8-9-10(14-13-8)12-11(16)18-9/h2-4,8-9,13,15H,1H3,(H,12,14,16)/t8-,9-/m1/s1. The number of benzene rings is 1. The van der Waals surface area contributed by atoms with E-state index in [9.17, 15) is 9.90 Å². The summed E-state index contributed by atoms with van der Waals surface area (Å²) in [6, 6.07) is 5.01. The van der Waals surface area contributed by atoms with Crippen LogP contribution >= 0.6 is 11.8 Å². The number of amides is 1. The first-order valence-electron chi connectivity index (χ1n) is 5.36. The van der Waals surface area contributed by atoms with Crippen molar-refractivity contribution < 1.29 is 14.6 Å². The van der Waals surface area contributed by atoms with Gasteiger partial charge < -0.3 is 15.2 Å². The van der Waals surface area contributed by atoms with Crippen molar-refractivity contribution in [3.8, 4) is 11.5 Å². The van der Waals surface area contributed by atoms with Crippen LogP contribution < -0.4 is 15.5 Å². The molecule has 18 heavy (non-hydrogen) atoms. The van der Waals surface area contributed by atoms with Crippen molar-refractivity contribution in [3.63, 3.8) is 0 Å². The Labute approximate surface area is 107 Å². The lowest BCUT2D eigenvalue weighted by atomic mass is 10.0. The SMILES string of the molecule is COc1cc([C@H]2NN=C3NC(=O)S[C@@H]32)ccc1O. The van der Waals surface area contributed by atoms with Crippen LogP contribution in [0.5, 0.6) is 11.5 Å². The maximum absolute atomic E-state index is 11.3. The maximum atomic E-state index is 11.3. The first kappa shape index (κ1) is 11.2. The van der Waals surface area contributed by atoms with Gasteiger partial charge in [0.15, 0.2) is 11.5 Å². The summed E-state index contributed by atoms with van der Waals surface area (Å²) in [5.41, 5.74) is 3.90. The van der Waals surface area contributed by atoms with Crippen LogP contribution in [0.3, 0.4) is 0 Å². The maximum Gasteiger partial charge on any atom is 0.285 e. The number of fused-ring (bicyclic) bond motifs is 1. The van der Waals surface area contributed by atoms with Gasteiger partial charge in [0, 0.05) is 0 Å². The molecule has 2 aliphatic heterocycles. The summed E-state index contributed by atoms with van der Waals surface area (Å²) >= 11 is 1.21. The number of phenols is 1. The zero-order valence-electron chi connectivity index (χ0n) is 9.51. The Morgan fingerprint density at radius 1 is 1.50 bits per heavy atom. The molecule has 1 amide bonds. The Kier molecular flexibility index (Phi) is 2.55. The molecule has 2 heterocycles. The van der Waals surface area contributed by atoms with Gasteiger partial charge in [-0.3, -0.25) is 10.2 Å². The van der Waals surface area contributed by atoms with Crippen molar-refractivity contribution in [2.24, 2.45) is 5.10 Å². The van der Waals surface area contributed by atoms with Gasteiger partial charge in [-0.2, -0.15) is 5.10 Å². The molecule has 3 N–H and O–H groups in total. The molecule has 1 saturated heterocycles. The largest absolute Gasteiger partial charge is 0.504 e. The van der Waals surface area contributed by atoms with E-state index < -0.39 is 0 Å². The molecule has 0 saturated carbocycles. The van der Waals surface area contributed by atoms with E-state index in [1.807, 2.05) is 0 Å². The van der Waals surface area contributed by atoms with Gasteiger partial charge in [-0.25, -0.2) is 0 Å². The molecule has 3 rings (SSSR count). The highest BCUT2D eigenvalue weighted by Crippen LogP contribution is 2.37. The molecule has 0 unspecified atom stereocenters. The highest BCUT2D eigenvalue weighted by molar-refractivity contribution is 8.15. The molecule has 0 aromatic heterocycles. The van der Waals surface area contributed by atoms with Gasteiger partial charge in [0.2, 0.25) is 0 Å². The number of phenolic OH excluding ortho intramolecular Hbond substituents is 1. The predicted octanol–water partition coefficient (Wildman–Crippen LogP) is 1.18. The van der Waals surface area contributed by atoms with Gasteiger partial charge in [0.1, 0.15) is 5.84 Å². The number of carbonyl (C=O) groups is 1. The number of hydrogen-bond donors (Lipinski definition) is 3. The predicted molar refractivity (Wildman–Crippen MR) is 67.9 cm³/mol. The minimum Gasteiger partial charge on any atom is -0.504 e. The molecule has 7 heteroatoms. The summed E-state index contributed by atoms with van der Waals surface area (Å²) in [6.07, 6.45) is 0. The van der Waals surface area contributed by atoms with Crippen LogP contribution in [0.2, 0.25) is 0 Å². The number of aromatic hydroxyl groups is 1. The van der Waals surface area contributed by atoms with Crippen LogP contribution in [0.15, 0.2) is 23.3 Å². The first-order chi connectivity index (χ1) is 8.69. The molecule has 1 aromatic carbocycles. The molecule has 0 radical (unpaired) electrons. The van der Waals surface area contributed by atoms with Crippen molar-refractivity contribution >= 4 is 22.8 Å². The molecule has 1 aromatic rings. The molecule has 94 valence electrons. The average molecular weight is 265 g/mol. The van der Waals surface area contributed by atoms with Crippen LogP contribution in [-0.4, -0.2) is 28.5 Å². The number of hydrazone groups is 1. The second-order valence-electron chi connectivity index (χ2n) is 3.99. The summed E-state index contributed by atoms with van der Waals surface area (Å²) in [4.78, 5) is 11.3. The number of nitrogens with one attached hydrogen (secondary N) is 2. The lowest BCUT2D eigenvalue weighted by Gasteiger charge is -2.16. The number of rotatable bonds is 2. The fourth-order valence-electron chi connectivity index (χ4n) is 2.04. The van der Waals surface area contributed by atoms with Crippen molar-refractivity contribution in [1.29, 1.82) is 0 Å². The zero-order valence-corrected chi connectivity index (χ0v) is 10.3. The van der Waals surface area contributed by atoms with E-state index in [1.54, 1.807) is 18.2 Å². The third kappa shape index (κ3) is 1.67. The lowest BCUT2D eigenvalue weighted by molar-refractivity contribution is 0.265. The third-order valence-electron chi connectivity index (χ3n) is 2.92. The van der Waals surface area contributed by atoms with Gasteiger partial charge in [0.25, 0.3) is 5.24 Å². The molecule has 0 spiro atoms. The number of methoxy groups -OCH3 is 1. The Morgan fingerprint density at radius 2 is 2.33 bits per heavy atom. The lowest BCUT2D eigenvalue weighted by Crippen LogP contribution is -2.25. The highest BCUT2D eigenvalue weighted by Gasteiger charge is 2.41.